The number of nitrogens with zero attached hydrogens (tertiary/aromatic N) is 2. The molecule has 134 valence electrons. The molecule has 0 bridgehead atoms. The summed E-state index contributed by atoms with van der Waals surface area (Å²) >= 11 is 6.60. The second-order valence-electron chi connectivity index (χ2n) is 5.89. The van der Waals surface area contributed by atoms with Gasteiger partial charge in [-0.05, 0) is 30.2 Å². The van der Waals surface area contributed by atoms with Gasteiger partial charge in [0.15, 0.2) is 11.5 Å². The predicted octanol–water partition coefficient (Wildman–Crippen LogP) is 2.02. The number of morpholine rings is 1. The third-order valence-corrected chi connectivity index (χ3v) is 5.51. The van der Waals surface area contributed by atoms with E-state index in [1.807, 2.05) is 0 Å². The van der Waals surface area contributed by atoms with Gasteiger partial charge in [-0.2, -0.15) is 0 Å². The van der Waals surface area contributed by atoms with Crippen molar-refractivity contribution in [1.29, 1.82) is 0 Å². The van der Waals surface area contributed by atoms with E-state index < -0.39 is 0 Å². The van der Waals surface area contributed by atoms with Crippen molar-refractivity contribution in [2.24, 2.45) is 0 Å². The van der Waals surface area contributed by atoms with E-state index >= 15 is 0 Å². The van der Waals surface area contributed by atoms with Crippen LogP contribution in [-0.2, 0) is 9.53 Å². The van der Waals surface area contributed by atoms with Gasteiger partial charge >= 0.3 is 0 Å². The molecule has 2 fully saturated rings. The van der Waals surface area contributed by atoms with Crippen molar-refractivity contribution in [3.63, 3.8) is 0 Å². The second-order valence-corrected chi connectivity index (χ2v) is 7.56. The molecule has 0 radical (unpaired) electrons. The number of phenolic OH excluding ortho intramolecular Hbond substituents is 2. The van der Waals surface area contributed by atoms with E-state index in [0.717, 1.165) is 39.3 Å². The largest absolute Gasteiger partial charge is 0.504 e. The minimum Gasteiger partial charge on any atom is -0.504 e. The molecule has 0 aliphatic carbocycles. The summed E-state index contributed by atoms with van der Waals surface area (Å²) in [5, 5.41) is 18.9. The first-order valence-electron chi connectivity index (χ1n) is 8.12. The Kier molecular flexibility index (Phi) is 5.95. The molecule has 0 atom stereocenters. The third kappa shape index (κ3) is 4.52. The number of rotatable bonds is 5. The zero-order valence-electron chi connectivity index (χ0n) is 13.7. The molecule has 1 amide bonds. The molecule has 8 heteroatoms. The number of benzene rings is 1. The van der Waals surface area contributed by atoms with Crippen molar-refractivity contribution >= 4 is 40.3 Å². The minimum atomic E-state index is -0.213. The molecule has 2 saturated heterocycles. The van der Waals surface area contributed by atoms with Gasteiger partial charge in [0.1, 0.15) is 4.32 Å². The summed E-state index contributed by atoms with van der Waals surface area (Å²) in [7, 11) is 0. The third-order valence-electron chi connectivity index (χ3n) is 4.13. The molecule has 25 heavy (non-hydrogen) atoms. The van der Waals surface area contributed by atoms with Crippen LogP contribution in [0.3, 0.4) is 0 Å². The maximum atomic E-state index is 12.6. The highest BCUT2D eigenvalue weighted by atomic mass is 32.2. The first kappa shape index (κ1) is 18.2. The topological polar surface area (TPSA) is 73.2 Å². The Bertz CT molecular complexity index is 702. The van der Waals surface area contributed by atoms with Crippen LogP contribution in [0.1, 0.15) is 12.0 Å². The molecule has 0 spiro atoms. The first-order chi connectivity index (χ1) is 12.0. The van der Waals surface area contributed by atoms with Gasteiger partial charge in [0.25, 0.3) is 5.91 Å². The van der Waals surface area contributed by atoms with E-state index in [4.69, 9.17) is 17.0 Å². The summed E-state index contributed by atoms with van der Waals surface area (Å²) < 4.78 is 5.89. The molecule has 1 aromatic carbocycles. The zero-order valence-corrected chi connectivity index (χ0v) is 15.3. The Labute approximate surface area is 156 Å². The van der Waals surface area contributed by atoms with Crippen molar-refractivity contribution in [1.82, 2.24) is 9.80 Å². The molecule has 1 aromatic rings. The fraction of sp³-hybridized carbons (Fsp3) is 0.412. The highest BCUT2D eigenvalue weighted by Crippen LogP contribution is 2.34. The van der Waals surface area contributed by atoms with Gasteiger partial charge < -0.3 is 14.9 Å². The van der Waals surface area contributed by atoms with Gasteiger partial charge in [-0.1, -0.05) is 30.0 Å². The van der Waals surface area contributed by atoms with Crippen LogP contribution < -0.4 is 0 Å². The summed E-state index contributed by atoms with van der Waals surface area (Å²) in [6.07, 6.45) is 2.54. The van der Waals surface area contributed by atoms with E-state index in [-0.39, 0.29) is 17.4 Å². The molecular formula is C17H20N2O4S2. The number of thioether (sulfide) groups is 1. The van der Waals surface area contributed by atoms with Crippen molar-refractivity contribution in [3.8, 4) is 11.5 Å². The minimum absolute atomic E-state index is 0.107. The highest BCUT2D eigenvalue weighted by Gasteiger charge is 2.31. The van der Waals surface area contributed by atoms with Crippen LogP contribution in [-0.4, -0.2) is 69.6 Å². The van der Waals surface area contributed by atoms with Gasteiger partial charge in [0, 0.05) is 26.2 Å². The number of aromatic hydroxyl groups is 2. The average Bonchev–Trinajstić information content (AvgIpc) is 2.86. The van der Waals surface area contributed by atoms with Crippen molar-refractivity contribution < 1.29 is 19.7 Å². The number of thiocarbonyl (C=S) groups is 1. The standard InChI is InChI=1S/C17H20N2O4S2/c20-13-3-2-12(10-14(13)21)11-15-16(22)19(17(24)25-15)5-1-4-18-6-8-23-9-7-18/h2-3,10-11,20-21H,1,4-9H2. The van der Waals surface area contributed by atoms with E-state index in [1.165, 1.54) is 23.9 Å². The van der Waals surface area contributed by atoms with Crippen molar-refractivity contribution in [2.45, 2.75) is 6.42 Å². The lowest BCUT2D eigenvalue weighted by molar-refractivity contribution is -0.122. The first-order valence-corrected chi connectivity index (χ1v) is 9.34. The molecule has 2 N–H and O–H groups in total. The van der Waals surface area contributed by atoms with E-state index in [1.54, 1.807) is 17.0 Å². The summed E-state index contributed by atoms with van der Waals surface area (Å²) in [5.74, 6) is -0.507. The smallest absolute Gasteiger partial charge is 0.266 e. The number of hydrogen-bond donors (Lipinski definition) is 2. The van der Waals surface area contributed by atoms with Crippen molar-refractivity contribution in [2.75, 3.05) is 39.4 Å². The number of hydrogen-bond acceptors (Lipinski definition) is 7. The zero-order chi connectivity index (χ0) is 17.8. The second kappa shape index (κ2) is 8.18. The lowest BCUT2D eigenvalue weighted by Gasteiger charge is -2.27. The fourth-order valence-corrected chi connectivity index (χ4v) is 4.06. The van der Waals surface area contributed by atoms with E-state index in [0.29, 0.717) is 21.3 Å². The maximum absolute atomic E-state index is 12.6. The normalized spacial score (nSPS) is 20.6. The van der Waals surface area contributed by atoms with E-state index in [2.05, 4.69) is 4.90 Å². The van der Waals surface area contributed by atoms with Crippen LogP contribution in [0, 0.1) is 0 Å². The predicted molar refractivity (Wildman–Crippen MR) is 102 cm³/mol. The Hall–Kier alpha value is -1.61. The Morgan fingerprint density at radius 3 is 2.68 bits per heavy atom. The van der Waals surface area contributed by atoms with Crippen LogP contribution in [0.25, 0.3) is 6.08 Å². The van der Waals surface area contributed by atoms with Gasteiger partial charge in [0.05, 0.1) is 18.1 Å². The molecular weight excluding hydrogens is 360 g/mol. The fourth-order valence-electron chi connectivity index (χ4n) is 2.75. The Balaban J connectivity index is 1.59. The number of ether oxygens (including phenoxy) is 1. The monoisotopic (exact) mass is 380 g/mol. The Morgan fingerprint density at radius 2 is 1.96 bits per heavy atom. The lowest BCUT2D eigenvalue weighted by Crippen LogP contribution is -2.38. The summed E-state index contributed by atoms with van der Waals surface area (Å²) in [4.78, 5) is 17.0. The van der Waals surface area contributed by atoms with Gasteiger partial charge in [-0.3, -0.25) is 14.6 Å². The van der Waals surface area contributed by atoms with Crippen LogP contribution in [0.2, 0.25) is 0 Å². The summed E-state index contributed by atoms with van der Waals surface area (Å²) in [5.41, 5.74) is 0.643. The number of carbonyl (C=O) groups excluding carboxylic acids is 1. The van der Waals surface area contributed by atoms with Crippen molar-refractivity contribution in [3.05, 3.63) is 28.7 Å². The maximum Gasteiger partial charge on any atom is 0.266 e. The summed E-state index contributed by atoms with van der Waals surface area (Å²) in [6, 6.07) is 4.45. The van der Waals surface area contributed by atoms with Gasteiger partial charge in [0.2, 0.25) is 0 Å². The molecule has 2 aliphatic heterocycles. The molecule has 6 nitrogen and oxygen atoms in total. The van der Waals surface area contributed by atoms with Crippen LogP contribution in [0.15, 0.2) is 23.1 Å². The molecule has 0 saturated carbocycles. The molecule has 3 rings (SSSR count). The lowest BCUT2D eigenvalue weighted by atomic mass is 10.2. The number of phenols is 2. The van der Waals surface area contributed by atoms with Gasteiger partial charge in [-0.15, -0.1) is 0 Å². The molecule has 2 heterocycles. The van der Waals surface area contributed by atoms with Crippen LogP contribution in [0.4, 0.5) is 0 Å². The number of carbonyl (C=O) groups is 1. The van der Waals surface area contributed by atoms with Crippen LogP contribution in [0.5, 0.6) is 11.5 Å². The SMILES string of the molecule is O=C1C(=Cc2ccc(O)c(O)c2)SC(=S)N1CCCN1CCOCC1. The molecule has 0 unspecified atom stereocenters. The van der Waals surface area contributed by atoms with Gasteiger partial charge in [-0.25, -0.2) is 0 Å². The highest BCUT2D eigenvalue weighted by molar-refractivity contribution is 8.26. The molecule has 2 aliphatic rings. The quantitative estimate of drug-likeness (QED) is 0.460. The van der Waals surface area contributed by atoms with Crippen LogP contribution >= 0.6 is 24.0 Å². The molecule has 0 aromatic heterocycles. The average molecular weight is 380 g/mol. The summed E-state index contributed by atoms with van der Waals surface area (Å²) in [6.45, 7) is 4.92. The Morgan fingerprint density at radius 1 is 1.20 bits per heavy atom. The number of amides is 1. The van der Waals surface area contributed by atoms with E-state index in [9.17, 15) is 15.0 Å².